The summed E-state index contributed by atoms with van der Waals surface area (Å²) in [5, 5.41) is 70.3. The molecule has 1 fully saturated rings. The van der Waals surface area contributed by atoms with E-state index in [1.807, 2.05) is 0 Å². The number of ether oxygens (including phenoxy) is 1. The highest BCUT2D eigenvalue weighted by molar-refractivity contribution is 5.05. The first-order valence-electron chi connectivity index (χ1n) is 12.5. The molecule has 1 rings (SSSR count). The summed E-state index contributed by atoms with van der Waals surface area (Å²) in [5.41, 5.74) is 5.84. The molecular formula is C24H47NO8. The molecule has 0 aliphatic carbocycles. The van der Waals surface area contributed by atoms with Crippen LogP contribution in [0.15, 0.2) is 12.2 Å². The minimum absolute atomic E-state index is 0.734. The summed E-state index contributed by atoms with van der Waals surface area (Å²) in [4.78, 5) is 0. The lowest BCUT2D eigenvalue weighted by Crippen LogP contribution is -2.72. The lowest BCUT2D eigenvalue weighted by atomic mass is 9.85. The van der Waals surface area contributed by atoms with Crippen LogP contribution in [0.25, 0.3) is 0 Å². The van der Waals surface area contributed by atoms with Crippen molar-refractivity contribution in [3.05, 3.63) is 12.2 Å². The van der Waals surface area contributed by atoms with Gasteiger partial charge in [0, 0.05) is 0 Å². The third-order valence-electron chi connectivity index (χ3n) is 6.49. The van der Waals surface area contributed by atoms with Crippen LogP contribution in [0.5, 0.6) is 0 Å². The third-order valence-corrected chi connectivity index (χ3v) is 6.49. The first-order chi connectivity index (χ1) is 15.7. The molecule has 0 aromatic rings. The van der Waals surface area contributed by atoms with Gasteiger partial charge in [0.1, 0.15) is 30.5 Å². The van der Waals surface area contributed by atoms with Gasteiger partial charge in [-0.1, -0.05) is 83.3 Å². The Hall–Kier alpha value is -0.620. The van der Waals surface area contributed by atoms with Gasteiger partial charge >= 0.3 is 0 Å². The van der Waals surface area contributed by atoms with Gasteiger partial charge < -0.3 is 46.2 Å². The quantitative estimate of drug-likeness (QED) is 0.109. The number of allylic oxidation sites excluding steroid dienone is 1. The van der Waals surface area contributed by atoms with Gasteiger partial charge in [-0.3, -0.25) is 0 Å². The van der Waals surface area contributed by atoms with Gasteiger partial charge in [-0.05, 0) is 12.8 Å². The molecule has 1 heterocycles. The van der Waals surface area contributed by atoms with Crippen LogP contribution < -0.4 is 5.73 Å². The fraction of sp³-hybridized carbons (Fsp3) is 0.917. The number of aliphatic hydroxyl groups is 7. The number of aliphatic hydroxyl groups excluding tert-OH is 6. The van der Waals surface area contributed by atoms with E-state index in [1.165, 1.54) is 63.9 Å². The van der Waals surface area contributed by atoms with E-state index in [-0.39, 0.29) is 0 Å². The second-order valence-corrected chi connectivity index (χ2v) is 9.28. The van der Waals surface area contributed by atoms with Gasteiger partial charge in [-0.15, -0.1) is 0 Å². The van der Waals surface area contributed by atoms with Gasteiger partial charge in [-0.2, -0.15) is 0 Å². The highest BCUT2D eigenvalue weighted by atomic mass is 16.7. The van der Waals surface area contributed by atoms with E-state index < -0.39 is 55.1 Å². The topological polar surface area (TPSA) is 177 Å². The molecule has 0 spiro atoms. The molecule has 0 aromatic carbocycles. The SMILES string of the molecule is CCCCCCCCCCCCC/C=C/[C@@H](O)[C@@H](N)C(O)C1(O)O[C@H](CO)[C@@H](O)[C@H](O)[C@H]1O. The largest absolute Gasteiger partial charge is 0.394 e. The second kappa shape index (κ2) is 16.1. The Morgan fingerprint density at radius 3 is 1.91 bits per heavy atom. The Morgan fingerprint density at radius 1 is 0.879 bits per heavy atom. The average Bonchev–Trinajstić information content (AvgIpc) is 2.81. The first-order valence-corrected chi connectivity index (χ1v) is 12.5. The lowest BCUT2D eigenvalue weighted by molar-refractivity contribution is -0.378. The molecule has 0 amide bonds. The zero-order chi connectivity index (χ0) is 24.9. The summed E-state index contributed by atoms with van der Waals surface area (Å²) in [5.74, 6) is -2.77. The molecule has 2 unspecified atom stereocenters. The van der Waals surface area contributed by atoms with Crippen LogP contribution in [0.2, 0.25) is 0 Å². The van der Waals surface area contributed by atoms with Crippen molar-refractivity contribution in [3.8, 4) is 0 Å². The molecule has 9 N–H and O–H groups in total. The molecule has 0 saturated carbocycles. The normalized spacial score (nSPS) is 31.1. The number of nitrogens with two attached hydrogens (primary N) is 1. The molecule has 8 atom stereocenters. The fourth-order valence-electron chi connectivity index (χ4n) is 4.18. The Labute approximate surface area is 197 Å². The van der Waals surface area contributed by atoms with E-state index in [0.717, 1.165) is 19.3 Å². The van der Waals surface area contributed by atoms with Gasteiger partial charge in [0.2, 0.25) is 5.79 Å². The lowest BCUT2D eigenvalue weighted by Gasteiger charge is -2.48. The van der Waals surface area contributed by atoms with E-state index in [2.05, 4.69) is 6.92 Å². The average molecular weight is 478 g/mol. The molecule has 1 aliphatic heterocycles. The predicted octanol–water partition coefficient (Wildman–Crippen LogP) is 0.455. The highest BCUT2D eigenvalue weighted by Crippen LogP contribution is 2.32. The van der Waals surface area contributed by atoms with E-state index in [0.29, 0.717) is 0 Å². The van der Waals surface area contributed by atoms with Crippen molar-refractivity contribution < 1.29 is 40.5 Å². The minimum Gasteiger partial charge on any atom is -0.394 e. The summed E-state index contributed by atoms with van der Waals surface area (Å²) >= 11 is 0. The van der Waals surface area contributed by atoms with Gasteiger partial charge in [0.25, 0.3) is 0 Å². The van der Waals surface area contributed by atoms with E-state index in [1.54, 1.807) is 6.08 Å². The van der Waals surface area contributed by atoms with Crippen LogP contribution in [-0.4, -0.2) is 90.8 Å². The smallest absolute Gasteiger partial charge is 0.223 e. The van der Waals surface area contributed by atoms with Crippen molar-refractivity contribution in [2.24, 2.45) is 5.73 Å². The van der Waals surface area contributed by atoms with E-state index in [4.69, 9.17) is 10.5 Å². The fourth-order valence-corrected chi connectivity index (χ4v) is 4.18. The maximum absolute atomic E-state index is 10.6. The second-order valence-electron chi connectivity index (χ2n) is 9.28. The van der Waals surface area contributed by atoms with Gasteiger partial charge in [-0.25, -0.2) is 0 Å². The Morgan fingerprint density at radius 2 is 1.39 bits per heavy atom. The molecule has 9 nitrogen and oxygen atoms in total. The van der Waals surface area contributed by atoms with Gasteiger partial charge in [0.05, 0.1) is 18.8 Å². The van der Waals surface area contributed by atoms with Crippen LogP contribution in [0.3, 0.4) is 0 Å². The zero-order valence-electron chi connectivity index (χ0n) is 20.0. The molecule has 9 heteroatoms. The van der Waals surface area contributed by atoms with E-state index >= 15 is 0 Å². The standard InChI is InChI=1S/C24H47NO8/c1-2-3-4-5-6-7-8-9-10-11-12-13-14-15-17(27)19(25)22(30)24(32)23(31)21(29)20(28)18(16-26)33-24/h14-15,17-23,26-32H,2-13,16,25H2,1H3/b15-14+/t17-,18-,19-,20-,21+,22?,23-,24?/m1/s1. The number of hydrogen-bond donors (Lipinski definition) is 8. The first kappa shape index (κ1) is 30.4. The van der Waals surface area contributed by atoms with Crippen LogP contribution in [0.4, 0.5) is 0 Å². The van der Waals surface area contributed by atoms with Gasteiger partial charge in [0.15, 0.2) is 0 Å². The van der Waals surface area contributed by atoms with E-state index in [9.17, 15) is 35.7 Å². The van der Waals surface area contributed by atoms with Crippen LogP contribution >= 0.6 is 0 Å². The molecule has 0 bridgehead atoms. The Kier molecular flexibility index (Phi) is 14.9. The number of unbranched alkanes of at least 4 members (excludes halogenated alkanes) is 11. The maximum atomic E-state index is 10.6. The van der Waals surface area contributed by atoms with Crippen molar-refractivity contribution in [2.45, 2.75) is 132 Å². The van der Waals surface area contributed by atoms with Crippen LogP contribution in [0, 0.1) is 0 Å². The number of rotatable bonds is 17. The summed E-state index contributed by atoms with van der Waals surface area (Å²) in [6.45, 7) is 1.46. The van der Waals surface area contributed by atoms with Crippen molar-refractivity contribution in [1.82, 2.24) is 0 Å². The van der Waals surface area contributed by atoms with Crippen LogP contribution in [-0.2, 0) is 4.74 Å². The molecule has 1 saturated heterocycles. The van der Waals surface area contributed by atoms with Crippen LogP contribution in [0.1, 0.15) is 84.0 Å². The molecule has 196 valence electrons. The summed E-state index contributed by atoms with van der Waals surface area (Å²) in [6.07, 6.45) is 7.13. The predicted molar refractivity (Wildman–Crippen MR) is 125 cm³/mol. The minimum atomic E-state index is -2.77. The highest BCUT2D eigenvalue weighted by Gasteiger charge is 2.58. The zero-order valence-corrected chi connectivity index (χ0v) is 20.0. The maximum Gasteiger partial charge on any atom is 0.223 e. The molecule has 0 aromatic heterocycles. The summed E-state index contributed by atoms with van der Waals surface area (Å²) < 4.78 is 5.05. The molecular weight excluding hydrogens is 430 g/mol. The summed E-state index contributed by atoms with van der Waals surface area (Å²) in [6, 6.07) is -1.44. The summed E-state index contributed by atoms with van der Waals surface area (Å²) in [7, 11) is 0. The third kappa shape index (κ3) is 9.51. The monoisotopic (exact) mass is 477 g/mol. The molecule has 0 radical (unpaired) electrons. The Bertz CT molecular complexity index is 535. The van der Waals surface area contributed by atoms with Crippen molar-refractivity contribution in [2.75, 3.05) is 6.61 Å². The van der Waals surface area contributed by atoms with Crippen molar-refractivity contribution in [3.63, 3.8) is 0 Å². The Balaban J connectivity index is 2.32. The number of hydrogen-bond acceptors (Lipinski definition) is 9. The molecule has 33 heavy (non-hydrogen) atoms. The van der Waals surface area contributed by atoms with Crippen molar-refractivity contribution >= 4 is 0 Å². The van der Waals surface area contributed by atoms with Crippen molar-refractivity contribution in [1.29, 1.82) is 0 Å². The molecule has 1 aliphatic rings.